The van der Waals surface area contributed by atoms with Crippen LogP contribution in [0.3, 0.4) is 0 Å². The molecule has 0 aliphatic rings. The van der Waals surface area contributed by atoms with E-state index in [0.29, 0.717) is 5.56 Å². The molecule has 0 atom stereocenters. The van der Waals surface area contributed by atoms with Crippen LogP contribution in [0.4, 0.5) is 5.69 Å². The molecule has 0 fully saturated rings. The average molecular weight is 388 g/mol. The maximum absolute atomic E-state index is 12.0. The van der Waals surface area contributed by atoms with Crippen molar-refractivity contribution in [2.24, 2.45) is 0 Å². The van der Waals surface area contributed by atoms with E-state index in [1.54, 1.807) is 0 Å². The molecule has 0 radical (unpaired) electrons. The topological polar surface area (TPSA) is 49.3 Å². The molecule has 0 saturated heterocycles. The van der Waals surface area contributed by atoms with E-state index in [0.717, 1.165) is 14.8 Å². The van der Waals surface area contributed by atoms with Gasteiger partial charge in [0.05, 0.1) is 5.02 Å². The van der Waals surface area contributed by atoms with E-state index in [-0.39, 0.29) is 16.7 Å². The summed E-state index contributed by atoms with van der Waals surface area (Å²) in [6, 6.07) is 10.0. The van der Waals surface area contributed by atoms with Gasteiger partial charge in [0.2, 0.25) is 0 Å². The summed E-state index contributed by atoms with van der Waals surface area (Å²) in [7, 11) is 0. The van der Waals surface area contributed by atoms with Gasteiger partial charge in [-0.2, -0.15) is 0 Å². The van der Waals surface area contributed by atoms with Crippen molar-refractivity contribution >= 4 is 45.8 Å². The van der Waals surface area contributed by atoms with Gasteiger partial charge in [0, 0.05) is 14.8 Å². The second kappa shape index (κ2) is 5.79. The number of benzene rings is 2. The molecule has 0 heterocycles. The largest absolute Gasteiger partial charge is 0.506 e. The van der Waals surface area contributed by atoms with Crippen LogP contribution in [0.5, 0.6) is 5.75 Å². The molecule has 19 heavy (non-hydrogen) atoms. The van der Waals surface area contributed by atoms with Crippen molar-refractivity contribution in [3.63, 3.8) is 0 Å². The number of hydrogen-bond acceptors (Lipinski definition) is 2. The van der Waals surface area contributed by atoms with Crippen molar-refractivity contribution in [2.75, 3.05) is 5.32 Å². The van der Waals surface area contributed by atoms with Crippen LogP contribution in [-0.2, 0) is 0 Å². The number of anilines is 1. The first-order valence-corrected chi connectivity index (χ1v) is 6.99. The number of amides is 1. The van der Waals surface area contributed by atoms with E-state index in [9.17, 15) is 9.90 Å². The number of aromatic hydroxyl groups is 1. The highest BCUT2D eigenvalue weighted by Crippen LogP contribution is 2.24. The van der Waals surface area contributed by atoms with E-state index in [2.05, 4.69) is 27.9 Å². The molecule has 2 aromatic rings. The van der Waals surface area contributed by atoms with Gasteiger partial charge < -0.3 is 10.4 Å². The zero-order valence-corrected chi connectivity index (χ0v) is 13.0. The Bertz CT molecular complexity index is 643. The monoisotopic (exact) mass is 387 g/mol. The molecule has 0 bridgehead atoms. The van der Waals surface area contributed by atoms with Crippen molar-refractivity contribution in [2.45, 2.75) is 6.92 Å². The smallest absolute Gasteiger partial charge is 0.255 e. The predicted octanol–water partition coefficient (Wildman–Crippen LogP) is 4.21. The predicted molar refractivity (Wildman–Crippen MR) is 85.0 cm³/mol. The van der Waals surface area contributed by atoms with Gasteiger partial charge in [-0.1, -0.05) is 17.7 Å². The minimum atomic E-state index is -0.262. The summed E-state index contributed by atoms with van der Waals surface area (Å²) in [5.74, 6) is -0.301. The Balaban J connectivity index is 2.20. The number of aryl methyl sites for hydroxylation is 1. The van der Waals surface area contributed by atoms with Gasteiger partial charge in [0.25, 0.3) is 5.91 Å². The molecule has 1 amide bonds. The molecule has 5 heteroatoms. The van der Waals surface area contributed by atoms with Gasteiger partial charge >= 0.3 is 0 Å². The van der Waals surface area contributed by atoms with Crippen molar-refractivity contribution in [1.29, 1.82) is 0 Å². The molecular formula is C14H11ClINO2. The molecule has 0 aliphatic carbocycles. The fourth-order valence-electron chi connectivity index (χ4n) is 1.52. The molecule has 3 nitrogen and oxygen atoms in total. The molecule has 2 aromatic carbocycles. The first-order valence-electron chi connectivity index (χ1n) is 5.53. The summed E-state index contributed by atoms with van der Waals surface area (Å²) < 4.78 is 1.08. The van der Waals surface area contributed by atoms with E-state index in [1.165, 1.54) is 18.2 Å². The third-order valence-electron chi connectivity index (χ3n) is 2.64. The number of rotatable bonds is 2. The Hall–Kier alpha value is -1.27. The number of hydrogen-bond donors (Lipinski definition) is 2. The fraction of sp³-hybridized carbons (Fsp3) is 0.0714. The maximum Gasteiger partial charge on any atom is 0.255 e. The third kappa shape index (κ3) is 3.39. The highest BCUT2D eigenvalue weighted by atomic mass is 127. The molecule has 0 saturated carbocycles. The molecule has 0 unspecified atom stereocenters. The Kier molecular flexibility index (Phi) is 4.31. The molecule has 0 spiro atoms. The number of phenolic OH excluding ortho intramolecular Hbond substituents is 1. The highest BCUT2D eigenvalue weighted by molar-refractivity contribution is 14.1. The number of halogens is 2. The lowest BCUT2D eigenvalue weighted by molar-refractivity contribution is 0.102. The van der Waals surface area contributed by atoms with Gasteiger partial charge in [-0.25, -0.2) is 0 Å². The summed E-state index contributed by atoms with van der Waals surface area (Å²) in [5, 5.41) is 12.3. The fourth-order valence-corrected chi connectivity index (χ4v) is 2.22. The molecule has 2 N–H and O–H groups in total. The SMILES string of the molecule is Cc1ccc(NC(=O)c2ccc(O)c(Cl)c2)cc1I. The molecular weight excluding hydrogens is 377 g/mol. The van der Waals surface area contributed by atoms with Gasteiger partial charge in [-0.05, 0) is 65.4 Å². The molecule has 0 aliphatic heterocycles. The van der Waals surface area contributed by atoms with Crippen LogP contribution in [-0.4, -0.2) is 11.0 Å². The maximum atomic E-state index is 12.0. The Morgan fingerprint density at radius 3 is 2.63 bits per heavy atom. The first-order chi connectivity index (χ1) is 8.97. The number of phenols is 1. The summed E-state index contributed by atoms with van der Waals surface area (Å²) >= 11 is 7.99. The Morgan fingerprint density at radius 2 is 2.00 bits per heavy atom. The number of nitrogens with one attached hydrogen (secondary N) is 1. The number of carbonyl (C=O) groups is 1. The molecule has 0 aromatic heterocycles. The standard InChI is InChI=1S/C14H11ClINO2/c1-8-2-4-10(7-12(8)16)17-14(19)9-3-5-13(18)11(15)6-9/h2-7,18H,1H3,(H,17,19). The second-order valence-electron chi connectivity index (χ2n) is 4.08. The van der Waals surface area contributed by atoms with Crippen LogP contribution < -0.4 is 5.32 Å². The minimum Gasteiger partial charge on any atom is -0.506 e. The lowest BCUT2D eigenvalue weighted by Crippen LogP contribution is -2.11. The number of carbonyl (C=O) groups excluding carboxylic acids is 1. The van der Waals surface area contributed by atoms with E-state index >= 15 is 0 Å². The van der Waals surface area contributed by atoms with Crippen LogP contribution in [0.25, 0.3) is 0 Å². The lowest BCUT2D eigenvalue weighted by atomic mass is 10.2. The van der Waals surface area contributed by atoms with Crippen LogP contribution in [0.2, 0.25) is 5.02 Å². The highest BCUT2D eigenvalue weighted by Gasteiger charge is 2.09. The first kappa shape index (κ1) is 14.1. The quantitative estimate of drug-likeness (QED) is 0.758. The normalized spacial score (nSPS) is 10.3. The van der Waals surface area contributed by atoms with Crippen LogP contribution in [0.15, 0.2) is 36.4 Å². The van der Waals surface area contributed by atoms with Gasteiger partial charge in [0.15, 0.2) is 0 Å². The van der Waals surface area contributed by atoms with Gasteiger partial charge in [-0.15, -0.1) is 0 Å². The van der Waals surface area contributed by atoms with Crippen molar-refractivity contribution in [3.05, 3.63) is 56.1 Å². The van der Waals surface area contributed by atoms with Crippen LogP contribution >= 0.6 is 34.2 Å². The summed E-state index contributed by atoms with van der Waals surface area (Å²) in [6.07, 6.45) is 0. The summed E-state index contributed by atoms with van der Waals surface area (Å²) in [4.78, 5) is 12.0. The lowest BCUT2D eigenvalue weighted by Gasteiger charge is -2.07. The molecule has 2 rings (SSSR count). The van der Waals surface area contributed by atoms with E-state index in [1.807, 2.05) is 25.1 Å². The van der Waals surface area contributed by atoms with Gasteiger partial charge in [-0.3, -0.25) is 4.79 Å². The third-order valence-corrected chi connectivity index (χ3v) is 4.10. The molecule has 98 valence electrons. The van der Waals surface area contributed by atoms with E-state index in [4.69, 9.17) is 11.6 Å². The van der Waals surface area contributed by atoms with Gasteiger partial charge in [0.1, 0.15) is 5.75 Å². The van der Waals surface area contributed by atoms with Crippen LogP contribution in [0, 0.1) is 10.5 Å². The summed E-state index contributed by atoms with van der Waals surface area (Å²) in [5.41, 5.74) is 2.29. The Morgan fingerprint density at radius 1 is 1.26 bits per heavy atom. The van der Waals surface area contributed by atoms with Crippen molar-refractivity contribution < 1.29 is 9.90 Å². The minimum absolute atomic E-state index is 0.0388. The average Bonchev–Trinajstić information content (AvgIpc) is 2.37. The van der Waals surface area contributed by atoms with Crippen molar-refractivity contribution in [3.8, 4) is 5.75 Å². The van der Waals surface area contributed by atoms with E-state index < -0.39 is 0 Å². The van der Waals surface area contributed by atoms with Crippen molar-refractivity contribution in [1.82, 2.24) is 0 Å². The Labute approximate surface area is 129 Å². The zero-order chi connectivity index (χ0) is 14.0. The summed E-state index contributed by atoms with van der Waals surface area (Å²) in [6.45, 7) is 2.01. The second-order valence-corrected chi connectivity index (χ2v) is 5.65. The van der Waals surface area contributed by atoms with Crippen LogP contribution in [0.1, 0.15) is 15.9 Å². The zero-order valence-electron chi connectivity index (χ0n) is 10.1.